The summed E-state index contributed by atoms with van der Waals surface area (Å²) in [6.07, 6.45) is 0. The average molecular weight is 334 g/mol. The second-order valence-electron chi connectivity index (χ2n) is 4.12. The van der Waals surface area contributed by atoms with Crippen molar-refractivity contribution in [2.75, 3.05) is 4.72 Å². The minimum atomic E-state index is -3.89. The van der Waals surface area contributed by atoms with Gasteiger partial charge >= 0.3 is 0 Å². The summed E-state index contributed by atoms with van der Waals surface area (Å²) in [6, 6.07) is 8.07. The lowest BCUT2D eigenvalue weighted by atomic mass is 10.2. The Bertz CT molecular complexity index is 763. The van der Waals surface area contributed by atoms with Crippen molar-refractivity contribution < 1.29 is 12.8 Å². The fourth-order valence-corrected chi connectivity index (χ4v) is 3.53. The van der Waals surface area contributed by atoms with E-state index < -0.39 is 15.8 Å². The van der Waals surface area contributed by atoms with Crippen molar-refractivity contribution in [1.82, 2.24) is 0 Å². The number of hydrogen-bond donors (Lipinski definition) is 1. The van der Waals surface area contributed by atoms with Crippen LogP contribution in [0.1, 0.15) is 5.56 Å². The Kier molecular flexibility index (Phi) is 4.22. The quantitative estimate of drug-likeness (QED) is 0.912. The first kappa shape index (κ1) is 15.1. The molecule has 0 aromatic heterocycles. The molecule has 0 heterocycles. The number of halogens is 3. The van der Waals surface area contributed by atoms with Crippen molar-refractivity contribution in [3.63, 3.8) is 0 Å². The summed E-state index contributed by atoms with van der Waals surface area (Å²) in [4.78, 5) is -0.129. The molecule has 2 rings (SSSR count). The molecule has 0 unspecified atom stereocenters. The van der Waals surface area contributed by atoms with Crippen LogP contribution in [0.5, 0.6) is 0 Å². The maximum atomic E-state index is 13.0. The third-order valence-corrected chi connectivity index (χ3v) is 4.98. The Hall–Kier alpha value is -1.30. The van der Waals surface area contributed by atoms with E-state index in [1.165, 1.54) is 36.4 Å². The van der Waals surface area contributed by atoms with Crippen LogP contribution in [0.4, 0.5) is 10.1 Å². The van der Waals surface area contributed by atoms with Gasteiger partial charge in [-0.3, -0.25) is 4.72 Å². The summed E-state index contributed by atoms with van der Waals surface area (Å²) < 4.78 is 39.9. The van der Waals surface area contributed by atoms with Crippen molar-refractivity contribution in [2.24, 2.45) is 0 Å². The molecular formula is C13H10Cl2FNO2S. The van der Waals surface area contributed by atoms with Gasteiger partial charge in [-0.2, -0.15) is 0 Å². The molecule has 106 valence electrons. The van der Waals surface area contributed by atoms with Gasteiger partial charge in [-0.25, -0.2) is 12.8 Å². The molecule has 0 radical (unpaired) electrons. The van der Waals surface area contributed by atoms with E-state index in [-0.39, 0.29) is 20.6 Å². The van der Waals surface area contributed by atoms with Crippen molar-refractivity contribution in [3.05, 3.63) is 57.8 Å². The van der Waals surface area contributed by atoms with Crippen LogP contribution in [-0.4, -0.2) is 8.42 Å². The Morgan fingerprint density at radius 1 is 1.15 bits per heavy atom. The predicted octanol–water partition coefficient (Wildman–Crippen LogP) is 4.24. The third-order valence-electron chi connectivity index (χ3n) is 2.64. The van der Waals surface area contributed by atoms with Gasteiger partial charge in [0.2, 0.25) is 0 Å². The highest BCUT2D eigenvalue weighted by molar-refractivity contribution is 7.92. The van der Waals surface area contributed by atoms with Gasteiger partial charge in [0.25, 0.3) is 10.0 Å². The van der Waals surface area contributed by atoms with Gasteiger partial charge in [-0.1, -0.05) is 29.3 Å². The standard InChI is InChI=1S/C13H10Cl2FNO2S/c1-8-7-9(16)5-6-11(8)17-20(18,19)12-4-2-3-10(14)13(12)15/h2-7,17H,1H3. The van der Waals surface area contributed by atoms with Gasteiger partial charge in [-0.15, -0.1) is 0 Å². The number of aryl methyl sites for hydroxylation is 1. The monoisotopic (exact) mass is 333 g/mol. The van der Waals surface area contributed by atoms with E-state index >= 15 is 0 Å². The van der Waals surface area contributed by atoms with E-state index in [1.54, 1.807) is 6.92 Å². The van der Waals surface area contributed by atoms with Crippen LogP contribution in [0.25, 0.3) is 0 Å². The van der Waals surface area contributed by atoms with Crippen LogP contribution < -0.4 is 4.72 Å². The minimum absolute atomic E-state index is 0.0542. The second-order valence-corrected chi connectivity index (χ2v) is 6.55. The van der Waals surface area contributed by atoms with Gasteiger partial charge < -0.3 is 0 Å². The zero-order chi connectivity index (χ0) is 14.9. The Morgan fingerprint density at radius 3 is 2.50 bits per heavy atom. The van der Waals surface area contributed by atoms with Crippen molar-refractivity contribution in [2.45, 2.75) is 11.8 Å². The smallest absolute Gasteiger partial charge is 0.263 e. The molecular weight excluding hydrogens is 324 g/mol. The van der Waals surface area contributed by atoms with E-state index in [9.17, 15) is 12.8 Å². The molecule has 0 amide bonds. The molecule has 0 saturated carbocycles. The van der Waals surface area contributed by atoms with Gasteiger partial charge in [0.1, 0.15) is 10.7 Å². The van der Waals surface area contributed by atoms with Crippen LogP contribution in [0.2, 0.25) is 10.0 Å². The largest absolute Gasteiger partial charge is 0.279 e. The predicted molar refractivity (Wildman–Crippen MR) is 78.4 cm³/mol. The van der Waals surface area contributed by atoms with Gasteiger partial charge in [0.15, 0.2) is 0 Å². The molecule has 0 aliphatic carbocycles. The fraction of sp³-hybridized carbons (Fsp3) is 0.0769. The first-order valence-electron chi connectivity index (χ1n) is 5.54. The first-order chi connectivity index (χ1) is 9.31. The van der Waals surface area contributed by atoms with E-state index in [1.807, 2.05) is 0 Å². The van der Waals surface area contributed by atoms with Crippen molar-refractivity contribution in [1.29, 1.82) is 0 Å². The average Bonchev–Trinajstić information content (AvgIpc) is 2.36. The number of rotatable bonds is 3. The molecule has 1 N–H and O–H groups in total. The molecule has 0 fully saturated rings. The van der Waals surface area contributed by atoms with E-state index in [0.29, 0.717) is 5.56 Å². The van der Waals surface area contributed by atoms with Crippen LogP contribution in [0, 0.1) is 12.7 Å². The molecule has 0 atom stereocenters. The molecule has 3 nitrogen and oxygen atoms in total. The number of nitrogens with one attached hydrogen (secondary N) is 1. The molecule has 0 aliphatic heterocycles. The number of anilines is 1. The Morgan fingerprint density at radius 2 is 1.85 bits per heavy atom. The van der Waals surface area contributed by atoms with Crippen molar-refractivity contribution >= 4 is 38.9 Å². The highest BCUT2D eigenvalue weighted by Gasteiger charge is 2.20. The summed E-state index contributed by atoms with van der Waals surface area (Å²) in [5.41, 5.74) is 0.745. The van der Waals surface area contributed by atoms with Crippen LogP contribution in [0.3, 0.4) is 0 Å². The van der Waals surface area contributed by atoms with Gasteiger partial charge in [0.05, 0.1) is 15.7 Å². The lowest BCUT2D eigenvalue weighted by Crippen LogP contribution is -2.14. The molecule has 0 saturated heterocycles. The highest BCUT2D eigenvalue weighted by atomic mass is 35.5. The number of benzene rings is 2. The zero-order valence-electron chi connectivity index (χ0n) is 10.3. The third kappa shape index (κ3) is 3.06. The normalized spacial score (nSPS) is 11.4. The van der Waals surface area contributed by atoms with E-state index in [2.05, 4.69) is 4.72 Å². The molecule has 0 bridgehead atoms. The number of hydrogen-bond acceptors (Lipinski definition) is 2. The molecule has 2 aromatic rings. The molecule has 7 heteroatoms. The van der Waals surface area contributed by atoms with Crippen LogP contribution in [0.15, 0.2) is 41.3 Å². The minimum Gasteiger partial charge on any atom is -0.279 e. The Balaban J connectivity index is 2.44. The van der Waals surface area contributed by atoms with E-state index in [0.717, 1.165) is 0 Å². The lowest BCUT2D eigenvalue weighted by Gasteiger charge is -2.12. The summed E-state index contributed by atoms with van der Waals surface area (Å²) in [5.74, 6) is -0.439. The van der Waals surface area contributed by atoms with Crippen LogP contribution >= 0.6 is 23.2 Å². The fourth-order valence-electron chi connectivity index (χ4n) is 1.63. The Labute approximate surface area is 126 Å². The summed E-state index contributed by atoms with van der Waals surface area (Å²) >= 11 is 11.7. The van der Waals surface area contributed by atoms with Gasteiger partial charge in [-0.05, 0) is 42.8 Å². The summed E-state index contributed by atoms with van der Waals surface area (Å²) in [5, 5.41) is 0.0896. The van der Waals surface area contributed by atoms with Gasteiger partial charge in [0, 0.05) is 0 Å². The lowest BCUT2D eigenvalue weighted by molar-refractivity contribution is 0.601. The maximum absolute atomic E-state index is 13.0. The SMILES string of the molecule is Cc1cc(F)ccc1NS(=O)(=O)c1cccc(Cl)c1Cl. The second kappa shape index (κ2) is 5.60. The van der Waals surface area contributed by atoms with Crippen LogP contribution in [-0.2, 0) is 10.0 Å². The maximum Gasteiger partial charge on any atom is 0.263 e. The molecule has 2 aromatic carbocycles. The zero-order valence-corrected chi connectivity index (χ0v) is 12.7. The molecule has 0 aliphatic rings. The molecule has 0 spiro atoms. The first-order valence-corrected chi connectivity index (χ1v) is 7.78. The number of sulfonamides is 1. The highest BCUT2D eigenvalue weighted by Crippen LogP contribution is 2.30. The summed E-state index contributed by atoms with van der Waals surface area (Å²) in [6.45, 7) is 1.60. The topological polar surface area (TPSA) is 46.2 Å². The van der Waals surface area contributed by atoms with Crippen molar-refractivity contribution in [3.8, 4) is 0 Å². The van der Waals surface area contributed by atoms with E-state index in [4.69, 9.17) is 23.2 Å². The summed E-state index contributed by atoms with van der Waals surface area (Å²) in [7, 11) is -3.89. The molecule has 20 heavy (non-hydrogen) atoms.